The maximum atomic E-state index is 12.1. The minimum absolute atomic E-state index is 0.224. The van der Waals surface area contributed by atoms with Gasteiger partial charge in [-0.2, -0.15) is 15.3 Å². The van der Waals surface area contributed by atoms with E-state index in [9.17, 15) is 4.79 Å². The molecule has 0 saturated carbocycles. The zero-order valence-corrected chi connectivity index (χ0v) is 13.3. The van der Waals surface area contributed by atoms with Crippen molar-refractivity contribution in [3.8, 4) is 0 Å². The molecule has 1 aliphatic heterocycles. The lowest BCUT2D eigenvalue weighted by molar-refractivity contribution is -0.116. The summed E-state index contributed by atoms with van der Waals surface area (Å²) in [4.78, 5) is 17.5. The molecule has 7 nitrogen and oxygen atoms in total. The first-order chi connectivity index (χ1) is 11.0. The van der Waals surface area contributed by atoms with Gasteiger partial charge < -0.3 is 9.88 Å². The molecular formula is C16H18N6O. The molecule has 3 heterocycles. The van der Waals surface area contributed by atoms with Gasteiger partial charge in [-0.15, -0.1) is 0 Å². The zero-order valence-electron chi connectivity index (χ0n) is 13.3. The molecule has 0 fully saturated rings. The number of nitrogens with zero attached hydrogens (tertiary/aromatic N) is 4. The second-order valence-electron chi connectivity index (χ2n) is 5.70. The molecule has 0 unspecified atom stereocenters. The molecule has 2 aromatic rings. The summed E-state index contributed by atoms with van der Waals surface area (Å²) < 4.78 is 0. The van der Waals surface area contributed by atoms with Crippen molar-refractivity contribution >= 4 is 17.7 Å². The van der Waals surface area contributed by atoms with Gasteiger partial charge in [-0.3, -0.25) is 4.79 Å². The van der Waals surface area contributed by atoms with E-state index < -0.39 is 0 Å². The van der Waals surface area contributed by atoms with Gasteiger partial charge >= 0.3 is 0 Å². The first-order valence-electron chi connectivity index (χ1n) is 7.25. The molecule has 118 valence electrons. The Hall–Kier alpha value is -2.80. The van der Waals surface area contributed by atoms with E-state index in [2.05, 4.69) is 36.7 Å². The first-order valence-corrected chi connectivity index (χ1v) is 7.25. The maximum absolute atomic E-state index is 12.1. The van der Waals surface area contributed by atoms with Crippen molar-refractivity contribution in [2.45, 2.75) is 13.5 Å². The van der Waals surface area contributed by atoms with Crippen molar-refractivity contribution in [2.75, 3.05) is 14.1 Å². The highest BCUT2D eigenvalue weighted by Crippen LogP contribution is 2.19. The predicted molar refractivity (Wildman–Crippen MR) is 87.6 cm³/mol. The molecule has 2 N–H and O–H groups in total. The maximum Gasteiger partial charge on any atom is 0.273 e. The van der Waals surface area contributed by atoms with Crippen molar-refractivity contribution in [2.24, 2.45) is 5.10 Å². The van der Waals surface area contributed by atoms with Gasteiger partial charge in [0.15, 0.2) is 0 Å². The molecule has 0 aromatic carbocycles. The van der Waals surface area contributed by atoms with E-state index in [1.165, 1.54) is 5.56 Å². The minimum atomic E-state index is -0.224. The molecule has 23 heavy (non-hydrogen) atoms. The minimum Gasteiger partial charge on any atom is -0.359 e. The number of hydrogen-bond donors (Lipinski definition) is 2. The molecule has 0 spiro atoms. The van der Waals surface area contributed by atoms with Crippen LogP contribution in [0.25, 0.3) is 6.08 Å². The number of hydrogen-bond acceptors (Lipinski definition) is 5. The van der Waals surface area contributed by atoms with Gasteiger partial charge in [0, 0.05) is 23.5 Å². The van der Waals surface area contributed by atoms with Crippen LogP contribution >= 0.6 is 0 Å². The summed E-state index contributed by atoms with van der Waals surface area (Å²) in [7, 11) is 4.05. The molecule has 3 rings (SSSR count). The lowest BCUT2D eigenvalue weighted by atomic mass is 10.0. The quantitative estimate of drug-likeness (QED) is 0.828. The van der Waals surface area contributed by atoms with Crippen molar-refractivity contribution < 1.29 is 4.79 Å². The molecule has 0 atom stereocenters. The Kier molecular flexibility index (Phi) is 4.03. The Balaban J connectivity index is 1.94. The van der Waals surface area contributed by atoms with Crippen LogP contribution in [0.1, 0.15) is 22.5 Å². The standard InChI is InChI=1S/C16H18N6O/c1-10-12(9-22(2)3)6-13(19-10)7-14-15(20-21-16(14)23)11-4-5-17-18-8-11/h4-8,19H,9H2,1-3H3,(H,21,23)/b14-7+. The smallest absolute Gasteiger partial charge is 0.273 e. The average Bonchev–Trinajstić information content (AvgIpc) is 3.04. The fourth-order valence-electron chi connectivity index (χ4n) is 2.49. The summed E-state index contributed by atoms with van der Waals surface area (Å²) >= 11 is 0. The lowest BCUT2D eigenvalue weighted by Gasteiger charge is -2.07. The van der Waals surface area contributed by atoms with Crippen LogP contribution in [0.5, 0.6) is 0 Å². The highest BCUT2D eigenvalue weighted by molar-refractivity contribution is 6.33. The van der Waals surface area contributed by atoms with Crippen molar-refractivity contribution in [3.63, 3.8) is 0 Å². The second kappa shape index (κ2) is 6.13. The molecule has 1 aliphatic rings. The SMILES string of the molecule is Cc1[nH]c(/C=C2/C(=O)NN=C2c2ccnnc2)cc1CN(C)C. The zero-order chi connectivity index (χ0) is 16.4. The van der Waals surface area contributed by atoms with Gasteiger partial charge in [0.25, 0.3) is 5.91 Å². The molecular weight excluding hydrogens is 292 g/mol. The van der Waals surface area contributed by atoms with Gasteiger partial charge in [-0.25, -0.2) is 5.43 Å². The molecule has 0 bridgehead atoms. The lowest BCUT2D eigenvalue weighted by Crippen LogP contribution is -2.13. The second-order valence-corrected chi connectivity index (χ2v) is 5.70. The number of amides is 1. The monoisotopic (exact) mass is 310 g/mol. The Bertz CT molecular complexity index is 788. The highest BCUT2D eigenvalue weighted by atomic mass is 16.2. The molecule has 0 radical (unpaired) electrons. The van der Waals surface area contributed by atoms with Gasteiger partial charge in [0.1, 0.15) is 5.71 Å². The Labute approximate surface area is 134 Å². The molecule has 0 saturated heterocycles. The summed E-state index contributed by atoms with van der Waals surface area (Å²) in [6.07, 6.45) is 4.98. The van der Waals surface area contributed by atoms with E-state index >= 15 is 0 Å². The third kappa shape index (κ3) is 3.19. The topological polar surface area (TPSA) is 86.3 Å². The Morgan fingerprint density at radius 1 is 1.30 bits per heavy atom. The molecule has 7 heteroatoms. The fraction of sp³-hybridized carbons (Fsp3) is 0.250. The predicted octanol–water partition coefficient (Wildman–Crippen LogP) is 1.09. The summed E-state index contributed by atoms with van der Waals surface area (Å²) in [5, 5.41) is 11.7. The van der Waals surface area contributed by atoms with E-state index in [4.69, 9.17) is 0 Å². The van der Waals surface area contributed by atoms with Crippen LogP contribution in [0, 0.1) is 6.92 Å². The van der Waals surface area contributed by atoms with Crippen LogP contribution in [0.15, 0.2) is 35.2 Å². The molecule has 2 aromatic heterocycles. The largest absolute Gasteiger partial charge is 0.359 e. The van der Waals surface area contributed by atoms with Crippen LogP contribution in [-0.4, -0.2) is 45.8 Å². The number of hydrazone groups is 1. The number of rotatable bonds is 4. The summed E-state index contributed by atoms with van der Waals surface area (Å²) in [6.45, 7) is 2.87. The first kappa shape index (κ1) is 15.1. The fourth-order valence-corrected chi connectivity index (χ4v) is 2.49. The van der Waals surface area contributed by atoms with Crippen molar-refractivity contribution in [1.29, 1.82) is 0 Å². The Morgan fingerprint density at radius 2 is 2.13 bits per heavy atom. The molecule has 0 aliphatic carbocycles. The number of aromatic amines is 1. The van der Waals surface area contributed by atoms with E-state index in [-0.39, 0.29) is 5.91 Å². The van der Waals surface area contributed by atoms with Crippen LogP contribution < -0.4 is 5.43 Å². The Morgan fingerprint density at radius 3 is 2.83 bits per heavy atom. The number of H-pyrrole nitrogens is 1. The number of aromatic nitrogens is 3. The summed E-state index contributed by atoms with van der Waals surface area (Å²) in [6, 6.07) is 3.83. The van der Waals surface area contributed by atoms with Crippen LogP contribution in [0.2, 0.25) is 0 Å². The van der Waals surface area contributed by atoms with Crippen LogP contribution in [-0.2, 0) is 11.3 Å². The molecule has 1 amide bonds. The number of aryl methyl sites for hydroxylation is 1. The number of nitrogens with one attached hydrogen (secondary N) is 2. The third-order valence-electron chi connectivity index (χ3n) is 3.56. The van der Waals surface area contributed by atoms with Gasteiger partial charge in [0.05, 0.1) is 18.0 Å². The normalized spacial score (nSPS) is 16.1. The van der Waals surface area contributed by atoms with E-state index in [1.54, 1.807) is 18.5 Å². The number of carbonyl (C=O) groups excluding carboxylic acids is 1. The van der Waals surface area contributed by atoms with Gasteiger partial charge in [0.2, 0.25) is 0 Å². The summed E-state index contributed by atoms with van der Waals surface area (Å²) in [5.74, 6) is -0.224. The van der Waals surface area contributed by atoms with E-state index in [1.807, 2.05) is 27.1 Å². The van der Waals surface area contributed by atoms with E-state index in [0.29, 0.717) is 11.3 Å². The van der Waals surface area contributed by atoms with Crippen LogP contribution in [0.4, 0.5) is 0 Å². The average molecular weight is 310 g/mol. The van der Waals surface area contributed by atoms with Crippen molar-refractivity contribution in [1.82, 2.24) is 25.5 Å². The number of carbonyl (C=O) groups is 1. The van der Waals surface area contributed by atoms with Gasteiger partial charge in [-0.05, 0) is 44.8 Å². The van der Waals surface area contributed by atoms with Crippen LogP contribution in [0.3, 0.4) is 0 Å². The highest BCUT2D eigenvalue weighted by Gasteiger charge is 2.24. The van der Waals surface area contributed by atoms with E-state index in [0.717, 1.165) is 23.5 Å². The van der Waals surface area contributed by atoms with Gasteiger partial charge in [-0.1, -0.05) is 0 Å². The summed E-state index contributed by atoms with van der Waals surface area (Å²) in [5.41, 5.74) is 7.50. The van der Waals surface area contributed by atoms with Crippen molar-refractivity contribution in [3.05, 3.63) is 52.6 Å². The third-order valence-corrected chi connectivity index (χ3v) is 3.56.